The molecule has 0 aromatic rings. The average molecular weight is 304 g/mol. The van der Waals surface area contributed by atoms with Crippen molar-refractivity contribution in [3.8, 4) is 0 Å². The maximum atomic E-state index is 12.9. The number of hydrogen-bond acceptors (Lipinski definition) is 5. The number of hydrogen-bond donors (Lipinski definition) is 0. The molecule has 0 bridgehead atoms. The first-order valence-electron chi connectivity index (χ1n) is 5.56. The standard InChI is InChI=1S/C10H16F3O5P/c1-4-16-9(14)7-8(10(11,12)13)19(15,17-5-2)18-6-3/h7H,4-6H2,1-3H3/b8-7+. The highest BCUT2D eigenvalue weighted by Crippen LogP contribution is 2.61. The van der Waals surface area contributed by atoms with E-state index in [9.17, 15) is 22.5 Å². The molecule has 0 aromatic heterocycles. The Morgan fingerprint density at radius 2 is 1.58 bits per heavy atom. The first-order valence-corrected chi connectivity index (χ1v) is 7.10. The molecule has 9 heteroatoms. The van der Waals surface area contributed by atoms with Crippen LogP contribution in [-0.2, 0) is 23.1 Å². The highest BCUT2D eigenvalue weighted by Gasteiger charge is 2.48. The number of ether oxygens (including phenoxy) is 1. The molecule has 0 aliphatic rings. The predicted molar refractivity (Wildman–Crippen MR) is 61.6 cm³/mol. The normalized spacial score (nSPS) is 13.5. The minimum atomic E-state index is -5.02. The minimum absolute atomic E-state index is 0.103. The molecule has 0 heterocycles. The Balaban J connectivity index is 5.57. The fraction of sp³-hybridized carbons (Fsp3) is 0.700. The van der Waals surface area contributed by atoms with Crippen LogP contribution >= 0.6 is 7.60 Å². The molecule has 0 radical (unpaired) electrons. The SMILES string of the molecule is CCOC(=O)/C=C(\C(F)(F)F)P(=O)(OCC)OCC. The van der Waals surface area contributed by atoms with E-state index in [-0.39, 0.29) is 25.9 Å². The van der Waals surface area contributed by atoms with Crippen molar-refractivity contribution >= 4 is 13.6 Å². The summed E-state index contributed by atoms with van der Waals surface area (Å²) in [6.07, 6.45) is -4.91. The lowest BCUT2D eigenvalue weighted by Gasteiger charge is -2.21. The summed E-state index contributed by atoms with van der Waals surface area (Å²) < 4.78 is 64.1. The van der Waals surface area contributed by atoms with Gasteiger partial charge in [0.2, 0.25) is 0 Å². The smallest absolute Gasteiger partial charge is 0.424 e. The van der Waals surface area contributed by atoms with Crippen LogP contribution in [0.1, 0.15) is 20.8 Å². The van der Waals surface area contributed by atoms with Crippen molar-refractivity contribution in [2.45, 2.75) is 26.9 Å². The van der Waals surface area contributed by atoms with Crippen LogP contribution in [0.3, 0.4) is 0 Å². The molecule has 0 amide bonds. The minimum Gasteiger partial charge on any atom is -0.463 e. The van der Waals surface area contributed by atoms with Crippen LogP contribution in [0, 0.1) is 0 Å². The summed E-state index contributed by atoms with van der Waals surface area (Å²) in [7, 11) is -4.59. The zero-order valence-corrected chi connectivity index (χ0v) is 11.7. The van der Waals surface area contributed by atoms with Crippen LogP contribution in [-0.4, -0.2) is 32.0 Å². The van der Waals surface area contributed by atoms with Crippen LogP contribution in [0.25, 0.3) is 0 Å². The van der Waals surface area contributed by atoms with Gasteiger partial charge in [0.1, 0.15) is 0 Å². The average Bonchev–Trinajstić information content (AvgIpc) is 2.25. The molecule has 5 nitrogen and oxygen atoms in total. The second kappa shape index (κ2) is 7.67. The van der Waals surface area contributed by atoms with E-state index < -0.39 is 25.1 Å². The van der Waals surface area contributed by atoms with E-state index in [0.717, 1.165) is 0 Å². The van der Waals surface area contributed by atoms with Gasteiger partial charge in [-0.3, -0.25) is 4.57 Å². The number of carbonyl (C=O) groups is 1. The molecular weight excluding hydrogens is 288 g/mol. The summed E-state index contributed by atoms with van der Waals surface area (Å²) >= 11 is 0. The van der Waals surface area contributed by atoms with Crippen molar-refractivity contribution in [1.82, 2.24) is 0 Å². The number of carbonyl (C=O) groups excluding carboxylic acids is 1. The Morgan fingerprint density at radius 3 is 1.89 bits per heavy atom. The Labute approximate surface area is 109 Å². The summed E-state index contributed by atoms with van der Waals surface area (Å²) in [6.45, 7) is 3.55. The molecule has 0 fully saturated rings. The van der Waals surface area contributed by atoms with Gasteiger partial charge in [-0.1, -0.05) is 0 Å². The molecule has 112 valence electrons. The van der Waals surface area contributed by atoms with E-state index in [2.05, 4.69) is 13.8 Å². The molecule has 0 saturated carbocycles. The molecule has 0 aromatic carbocycles. The third kappa shape index (κ3) is 5.76. The molecule has 0 aliphatic heterocycles. The Hall–Kier alpha value is -0.850. The van der Waals surface area contributed by atoms with Gasteiger partial charge in [0.25, 0.3) is 0 Å². The van der Waals surface area contributed by atoms with E-state index in [1.54, 1.807) is 0 Å². The van der Waals surface area contributed by atoms with Gasteiger partial charge < -0.3 is 13.8 Å². The van der Waals surface area contributed by atoms with Crippen LogP contribution in [0.2, 0.25) is 0 Å². The number of rotatable bonds is 7. The molecular formula is C10H16F3O5P. The van der Waals surface area contributed by atoms with Crippen LogP contribution in [0.5, 0.6) is 0 Å². The molecule has 0 atom stereocenters. The second-order valence-corrected chi connectivity index (χ2v) is 5.11. The van der Waals surface area contributed by atoms with Crippen molar-refractivity contribution < 1.29 is 36.3 Å². The quantitative estimate of drug-likeness (QED) is 0.410. The number of halogens is 3. The van der Waals surface area contributed by atoms with Crippen molar-refractivity contribution in [3.63, 3.8) is 0 Å². The van der Waals surface area contributed by atoms with Gasteiger partial charge in [-0.25, -0.2) is 4.79 Å². The van der Waals surface area contributed by atoms with E-state index in [1.165, 1.54) is 20.8 Å². The van der Waals surface area contributed by atoms with Crippen LogP contribution < -0.4 is 0 Å². The lowest BCUT2D eigenvalue weighted by Crippen LogP contribution is -2.17. The van der Waals surface area contributed by atoms with E-state index >= 15 is 0 Å². The zero-order valence-electron chi connectivity index (χ0n) is 10.8. The first-order chi connectivity index (χ1) is 8.71. The van der Waals surface area contributed by atoms with Crippen LogP contribution in [0.4, 0.5) is 13.2 Å². The number of allylic oxidation sites excluding steroid dienone is 1. The zero-order chi connectivity index (χ0) is 15.1. The van der Waals surface area contributed by atoms with Gasteiger partial charge in [-0.15, -0.1) is 0 Å². The van der Waals surface area contributed by atoms with Gasteiger partial charge in [-0.2, -0.15) is 13.2 Å². The third-order valence-corrected chi connectivity index (χ3v) is 3.89. The summed E-state index contributed by atoms with van der Waals surface area (Å²) in [5.41, 5.74) is 0. The van der Waals surface area contributed by atoms with Gasteiger partial charge in [0, 0.05) is 6.08 Å². The van der Waals surface area contributed by atoms with Crippen molar-refractivity contribution in [1.29, 1.82) is 0 Å². The third-order valence-electron chi connectivity index (χ3n) is 1.72. The lowest BCUT2D eigenvalue weighted by molar-refractivity contribution is -0.138. The Morgan fingerprint density at radius 1 is 1.11 bits per heavy atom. The largest absolute Gasteiger partial charge is 0.463 e. The monoisotopic (exact) mass is 304 g/mol. The highest BCUT2D eigenvalue weighted by atomic mass is 31.2. The first kappa shape index (κ1) is 18.1. The topological polar surface area (TPSA) is 61.8 Å². The summed E-state index contributed by atoms with van der Waals surface area (Å²) in [5, 5.41) is -1.66. The van der Waals surface area contributed by atoms with E-state index in [4.69, 9.17) is 0 Å². The maximum Gasteiger partial charge on any atom is 0.424 e. The maximum absolute atomic E-state index is 12.9. The van der Waals surface area contributed by atoms with E-state index in [1.807, 2.05) is 0 Å². The number of esters is 1. The molecule has 0 aliphatic carbocycles. The van der Waals surface area contributed by atoms with Gasteiger partial charge >= 0.3 is 19.7 Å². The molecule has 0 spiro atoms. The van der Waals surface area contributed by atoms with Gasteiger partial charge in [0.15, 0.2) is 5.31 Å². The molecule has 19 heavy (non-hydrogen) atoms. The van der Waals surface area contributed by atoms with Crippen LogP contribution in [0.15, 0.2) is 11.4 Å². The summed E-state index contributed by atoms with van der Waals surface area (Å²) in [4.78, 5) is 11.1. The van der Waals surface area contributed by atoms with Crippen molar-refractivity contribution in [2.75, 3.05) is 19.8 Å². The molecule has 0 unspecified atom stereocenters. The molecule has 0 rings (SSSR count). The predicted octanol–water partition coefficient (Wildman–Crippen LogP) is 3.26. The molecule has 0 saturated heterocycles. The fourth-order valence-corrected chi connectivity index (χ4v) is 2.73. The second-order valence-electron chi connectivity index (χ2n) is 3.11. The summed E-state index contributed by atoms with van der Waals surface area (Å²) in [5.74, 6) is -1.26. The molecule has 0 N–H and O–H groups in total. The van der Waals surface area contributed by atoms with Gasteiger partial charge in [0.05, 0.1) is 19.8 Å². The fourth-order valence-electron chi connectivity index (χ4n) is 1.13. The van der Waals surface area contributed by atoms with Crippen molar-refractivity contribution in [3.05, 3.63) is 11.4 Å². The highest BCUT2D eigenvalue weighted by molar-refractivity contribution is 7.58. The number of alkyl halides is 3. The lowest BCUT2D eigenvalue weighted by atomic mass is 10.5. The Bertz CT molecular complexity index is 368. The van der Waals surface area contributed by atoms with Gasteiger partial charge in [-0.05, 0) is 20.8 Å². The Kier molecular flexibility index (Phi) is 7.33. The van der Waals surface area contributed by atoms with E-state index in [0.29, 0.717) is 0 Å². The van der Waals surface area contributed by atoms with Crippen molar-refractivity contribution in [2.24, 2.45) is 0 Å². The summed E-state index contributed by atoms with van der Waals surface area (Å²) in [6, 6.07) is 0.